The second-order valence-electron chi connectivity index (χ2n) is 9.54. The number of hydrogen-bond donors (Lipinski definition) is 1. The molecule has 10 heteroatoms. The van der Waals surface area contributed by atoms with E-state index in [1.165, 1.54) is 19.2 Å². The van der Waals surface area contributed by atoms with Crippen LogP contribution in [-0.2, 0) is 9.53 Å². The van der Waals surface area contributed by atoms with Crippen LogP contribution >= 0.6 is 0 Å². The van der Waals surface area contributed by atoms with E-state index in [0.29, 0.717) is 46.5 Å². The van der Waals surface area contributed by atoms with Crippen molar-refractivity contribution in [2.24, 2.45) is 0 Å². The Morgan fingerprint density at radius 1 is 1.03 bits per heavy atom. The number of halogens is 1. The van der Waals surface area contributed by atoms with Crippen molar-refractivity contribution in [2.75, 3.05) is 39.5 Å². The molecule has 2 aromatic carbocycles. The Morgan fingerprint density at radius 3 is 2.64 bits per heavy atom. The number of aromatic nitrogens is 3. The molecule has 1 saturated heterocycles. The van der Waals surface area contributed by atoms with E-state index in [4.69, 9.17) is 18.9 Å². The fourth-order valence-corrected chi connectivity index (χ4v) is 4.77. The van der Waals surface area contributed by atoms with Crippen molar-refractivity contribution in [3.05, 3.63) is 48.2 Å². The SMILES string of the molecule is CCOC(=O)CCOc1cc2c(Oc3ccc4[nH]c(C)cc4c3F)ncnc2cc1OCCCN1CCCC1. The monoisotopic (exact) mass is 536 g/mol. The number of benzene rings is 2. The van der Waals surface area contributed by atoms with Gasteiger partial charge in [0.05, 0.1) is 37.1 Å². The van der Waals surface area contributed by atoms with Crippen LogP contribution in [0.1, 0.15) is 38.3 Å². The van der Waals surface area contributed by atoms with Gasteiger partial charge in [-0.05, 0) is 70.5 Å². The Hall–Kier alpha value is -3.92. The Labute approximate surface area is 226 Å². The molecule has 39 heavy (non-hydrogen) atoms. The maximum atomic E-state index is 15.2. The molecule has 0 atom stereocenters. The van der Waals surface area contributed by atoms with Gasteiger partial charge in [-0.25, -0.2) is 14.4 Å². The molecule has 0 radical (unpaired) electrons. The number of aromatic amines is 1. The van der Waals surface area contributed by atoms with Gasteiger partial charge >= 0.3 is 5.97 Å². The third-order valence-corrected chi connectivity index (χ3v) is 6.65. The maximum Gasteiger partial charge on any atom is 0.309 e. The Morgan fingerprint density at radius 2 is 1.82 bits per heavy atom. The lowest BCUT2D eigenvalue weighted by Crippen LogP contribution is -2.22. The minimum atomic E-state index is -0.479. The van der Waals surface area contributed by atoms with Gasteiger partial charge in [0.1, 0.15) is 6.33 Å². The molecule has 1 aliphatic heterocycles. The number of nitrogens with zero attached hydrogens (tertiary/aromatic N) is 3. The van der Waals surface area contributed by atoms with Gasteiger partial charge in [-0.2, -0.15) is 0 Å². The number of esters is 1. The molecule has 5 rings (SSSR count). The van der Waals surface area contributed by atoms with Crippen LogP contribution in [0.25, 0.3) is 21.8 Å². The van der Waals surface area contributed by atoms with Crippen LogP contribution in [0, 0.1) is 12.7 Å². The number of hydrogen-bond acceptors (Lipinski definition) is 8. The number of H-pyrrole nitrogens is 1. The lowest BCUT2D eigenvalue weighted by molar-refractivity contribution is -0.143. The first-order valence-corrected chi connectivity index (χ1v) is 13.4. The van der Waals surface area contributed by atoms with Crippen LogP contribution < -0.4 is 14.2 Å². The molecule has 0 amide bonds. The number of aryl methyl sites for hydroxylation is 1. The van der Waals surface area contributed by atoms with Crippen LogP contribution in [-0.4, -0.2) is 65.3 Å². The molecule has 3 heterocycles. The first kappa shape index (κ1) is 26.7. The third-order valence-electron chi connectivity index (χ3n) is 6.65. The predicted molar refractivity (Wildman–Crippen MR) is 145 cm³/mol. The number of ether oxygens (including phenoxy) is 4. The van der Waals surface area contributed by atoms with Crippen LogP contribution in [0.3, 0.4) is 0 Å². The van der Waals surface area contributed by atoms with Gasteiger partial charge in [-0.15, -0.1) is 0 Å². The predicted octanol–water partition coefficient (Wildman–Crippen LogP) is 5.55. The third kappa shape index (κ3) is 6.39. The van der Waals surface area contributed by atoms with Crippen LogP contribution in [0.2, 0.25) is 0 Å². The summed E-state index contributed by atoms with van der Waals surface area (Å²) < 4.78 is 38.2. The first-order chi connectivity index (χ1) is 19.0. The zero-order chi connectivity index (χ0) is 27.2. The summed E-state index contributed by atoms with van der Waals surface area (Å²) in [4.78, 5) is 26.0. The molecule has 4 aromatic rings. The smallest absolute Gasteiger partial charge is 0.309 e. The van der Waals surface area contributed by atoms with Gasteiger partial charge in [0.25, 0.3) is 0 Å². The van der Waals surface area contributed by atoms with E-state index < -0.39 is 5.82 Å². The van der Waals surface area contributed by atoms with Crippen molar-refractivity contribution in [3.8, 4) is 23.1 Å². The molecule has 1 aliphatic rings. The van der Waals surface area contributed by atoms with E-state index in [1.807, 2.05) is 6.92 Å². The van der Waals surface area contributed by atoms with Crippen LogP contribution in [0.5, 0.6) is 23.1 Å². The summed E-state index contributed by atoms with van der Waals surface area (Å²) in [6, 6.07) is 8.54. The summed E-state index contributed by atoms with van der Waals surface area (Å²) in [5.74, 6) is 0.338. The van der Waals surface area contributed by atoms with Crippen molar-refractivity contribution in [3.63, 3.8) is 0 Å². The van der Waals surface area contributed by atoms with Gasteiger partial charge in [0, 0.05) is 29.2 Å². The standard InChI is InChI=1S/C29H33FN4O5/c1-3-36-27(35)9-14-38-25-16-21-23(17-26(25)37-13-6-12-34-10-4-5-11-34)31-18-32-29(21)39-24-8-7-22-20(28(24)30)15-19(2)33-22/h7-8,15-18,33H,3-6,9-14H2,1-2H3. The molecule has 2 aromatic heterocycles. The second kappa shape index (κ2) is 12.3. The van der Waals surface area contributed by atoms with E-state index in [-0.39, 0.29) is 30.6 Å². The van der Waals surface area contributed by atoms with Crippen molar-refractivity contribution in [1.29, 1.82) is 0 Å². The summed E-state index contributed by atoms with van der Waals surface area (Å²) in [5.41, 5.74) is 2.10. The molecule has 0 unspecified atom stereocenters. The van der Waals surface area contributed by atoms with Gasteiger partial charge in [-0.1, -0.05) is 0 Å². The Kier molecular flexibility index (Phi) is 8.41. The highest BCUT2D eigenvalue weighted by Gasteiger charge is 2.18. The number of rotatable bonds is 12. The van der Waals surface area contributed by atoms with Crippen LogP contribution in [0.15, 0.2) is 36.7 Å². The van der Waals surface area contributed by atoms with E-state index in [0.717, 1.165) is 31.7 Å². The first-order valence-electron chi connectivity index (χ1n) is 13.4. The lowest BCUT2D eigenvalue weighted by atomic mass is 10.2. The summed E-state index contributed by atoms with van der Waals surface area (Å²) in [6.45, 7) is 7.79. The van der Waals surface area contributed by atoms with E-state index >= 15 is 4.39 Å². The summed E-state index contributed by atoms with van der Waals surface area (Å²) in [7, 11) is 0. The molecule has 0 bridgehead atoms. The van der Waals surface area contributed by atoms with Gasteiger partial charge in [-0.3, -0.25) is 4.79 Å². The number of likely N-dealkylation sites (tertiary alicyclic amines) is 1. The van der Waals surface area contributed by atoms with Crippen molar-refractivity contribution in [1.82, 2.24) is 19.9 Å². The van der Waals surface area contributed by atoms with Crippen molar-refractivity contribution < 1.29 is 28.1 Å². The van der Waals surface area contributed by atoms with Crippen molar-refractivity contribution >= 4 is 27.8 Å². The highest BCUT2D eigenvalue weighted by atomic mass is 19.1. The van der Waals surface area contributed by atoms with Gasteiger partial charge in [0.15, 0.2) is 23.1 Å². The second-order valence-corrected chi connectivity index (χ2v) is 9.54. The molecule has 0 saturated carbocycles. The molecule has 9 nitrogen and oxygen atoms in total. The zero-order valence-electron chi connectivity index (χ0n) is 22.3. The maximum absolute atomic E-state index is 15.2. The molecular weight excluding hydrogens is 503 g/mol. The molecule has 0 spiro atoms. The summed E-state index contributed by atoms with van der Waals surface area (Å²) >= 11 is 0. The zero-order valence-corrected chi connectivity index (χ0v) is 22.3. The normalized spacial score (nSPS) is 13.7. The average Bonchev–Trinajstić information content (AvgIpc) is 3.58. The minimum absolute atomic E-state index is 0.0496. The largest absolute Gasteiger partial charge is 0.490 e. The Bertz CT molecular complexity index is 1450. The molecule has 1 fully saturated rings. The van der Waals surface area contributed by atoms with E-state index in [1.54, 1.807) is 37.3 Å². The summed E-state index contributed by atoms with van der Waals surface area (Å²) in [6.07, 6.45) is 4.83. The topological polar surface area (TPSA) is 98.8 Å². The van der Waals surface area contributed by atoms with Gasteiger partial charge < -0.3 is 28.8 Å². The number of carbonyl (C=O) groups excluding carboxylic acids is 1. The quantitative estimate of drug-likeness (QED) is 0.186. The lowest BCUT2D eigenvalue weighted by Gasteiger charge is -2.17. The van der Waals surface area contributed by atoms with Crippen LogP contribution in [0.4, 0.5) is 4.39 Å². The fourth-order valence-electron chi connectivity index (χ4n) is 4.77. The van der Waals surface area contributed by atoms with E-state index in [2.05, 4.69) is 19.9 Å². The molecule has 206 valence electrons. The molecule has 1 N–H and O–H groups in total. The highest BCUT2D eigenvalue weighted by molar-refractivity contribution is 5.87. The number of nitrogens with one attached hydrogen (secondary N) is 1. The van der Waals surface area contributed by atoms with Crippen molar-refractivity contribution in [2.45, 2.75) is 39.5 Å². The van der Waals surface area contributed by atoms with Gasteiger partial charge in [0.2, 0.25) is 5.88 Å². The fraction of sp³-hybridized carbons (Fsp3) is 0.414. The number of carbonyl (C=O) groups is 1. The molecule has 0 aliphatic carbocycles. The highest BCUT2D eigenvalue weighted by Crippen LogP contribution is 2.37. The number of fused-ring (bicyclic) bond motifs is 2. The molecular formula is C29H33FN4O5. The average molecular weight is 537 g/mol. The summed E-state index contributed by atoms with van der Waals surface area (Å²) in [5, 5.41) is 0.966. The van der Waals surface area contributed by atoms with E-state index in [9.17, 15) is 4.79 Å². The Balaban J connectivity index is 1.39. The minimum Gasteiger partial charge on any atom is -0.490 e.